The molecule has 18 heavy (non-hydrogen) atoms. The second-order valence-electron chi connectivity index (χ2n) is 3.73. The van der Waals surface area contributed by atoms with Crippen molar-refractivity contribution in [2.45, 2.75) is 6.42 Å². The van der Waals surface area contributed by atoms with Crippen LogP contribution in [0.1, 0.15) is 15.2 Å². The summed E-state index contributed by atoms with van der Waals surface area (Å²) in [6.45, 7) is 0.493. The Kier molecular flexibility index (Phi) is 4.49. The molecule has 0 aliphatic carbocycles. The number of hydrogen-bond acceptors (Lipinski definition) is 2. The summed E-state index contributed by atoms with van der Waals surface area (Å²) >= 11 is 4.70. The number of carbonyl (C=O) groups excluding carboxylic acids is 1. The number of hydrogen-bond donors (Lipinski definition) is 1. The zero-order valence-corrected chi connectivity index (χ0v) is 11.9. The fourth-order valence-corrected chi connectivity index (χ4v) is 3.02. The largest absolute Gasteiger partial charge is 0.351 e. The fraction of sp³-hybridized carbons (Fsp3) is 0.154. The second-order valence-corrected chi connectivity index (χ2v) is 5.50. The van der Waals surface area contributed by atoms with Crippen molar-refractivity contribution >= 4 is 33.2 Å². The molecule has 0 bridgehead atoms. The average Bonchev–Trinajstić information content (AvgIpc) is 2.75. The van der Waals surface area contributed by atoms with Gasteiger partial charge in [0.25, 0.3) is 5.91 Å². The number of halogens is 2. The van der Waals surface area contributed by atoms with Gasteiger partial charge in [-0.1, -0.05) is 12.1 Å². The number of thiophene rings is 1. The molecule has 1 amide bonds. The Morgan fingerprint density at radius 1 is 1.39 bits per heavy atom. The normalized spacial score (nSPS) is 10.3. The van der Waals surface area contributed by atoms with E-state index in [1.54, 1.807) is 6.07 Å². The molecule has 2 aromatic rings. The van der Waals surface area contributed by atoms with Crippen molar-refractivity contribution in [1.29, 1.82) is 0 Å². The summed E-state index contributed by atoms with van der Waals surface area (Å²) in [5.41, 5.74) is 0.876. The van der Waals surface area contributed by atoms with Gasteiger partial charge >= 0.3 is 0 Å². The number of benzene rings is 1. The van der Waals surface area contributed by atoms with E-state index in [1.165, 1.54) is 23.5 Å². The van der Waals surface area contributed by atoms with E-state index in [4.69, 9.17) is 0 Å². The maximum Gasteiger partial charge on any atom is 0.262 e. The molecule has 0 saturated carbocycles. The fourth-order valence-electron chi connectivity index (χ4n) is 1.55. The van der Waals surface area contributed by atoms with Crippen molar-refractivity contribution in [2.75, 3.05) is 6.54 Å². The Bertz CT molecular complexity index is 555. The predicted molar refractivity (Wildman–Crippen MR) is 74.5 cm³/mol. The second kappa shape index (κ2) is 6.11. The standard InChI is InChI=1S/C13H11BrFNOS/c14-11-5-7-18-12(11)13(17)16-6-4-9-2-1-3-10(15)8-9/h1-3,5,7-8H,4,6H2,(H,16,17). The Hall–Kier alpha value is -1.20. The molecule has 5 heteroatoms. The van der Waals surface area contributed by atoms with E-state index >= 15 is 0 Å². The topological polar surface area (TPSA) is 29.1 Å². The Morgan fingerprint density at radius 3 is 2.89 bits per heavy atom. The van der Waals surface area contributed by atoms with Crippen molar-refractivity contribution in [2.24, 2.45) is 0 Å². The number of rotatable bonds is 4. The summed E-state index contributed by atoms with van der Waals surface area (Å²) in [5.74, 6) is -0.354. The molecule has 0 atom stereocenters. The van der Waals surface area contributed by atoms with Crippen LogP contribution in [0, 0.1) is 5.82 Å². The van der Waals surface area contributed by atoms with Crippen LogP contribution in [-0.4, -0.2) is 12.5 Å². The smallest absolute Gasteiger partial charge is 0.262 e. The highest BCUT2D eigenvalue weighted by atomic mass is 79.9. The minimum absolute atomic E-state index is 0.103. The van der Waals surface area contributed by atoms with Crippen LogP contribution in [0.2, 0.25) is 0 Å². The maximum absolute atomic E-state index is 12.9. The molecule has 0 saturated heterocycles. The minimum atomic E-state index is -0.250. The number of amides is 1. The quantitative estimate of drug-likeness (QED) is 0.912. The minimum Gasteiger partial charge on any atom is -0.351 e. The molecule has 0 spiro atoms. The van der Waals surface area contributed by atoms with Gasteiger partial charge in [0.1, 0.15) is 10.7 Å². The van der Waals surface area contributed by atoms with Crippen LogP contribution in [0.25, 0.3) is 0 Å². The molecule has 1 aromatic carbocycles. The highest BCUT2D eigenvalue weighted by Crippen LogP contribution is 2.22. The van der Waals surface area contributed by atoms with Gasteiger partial charge in [-0.25, -0.2) is 4.39 Å². The highest BCUT2D eigenvalue weighted by Gasteiger charge is 2.10. The van der Waals surface area contributed by atoms with E-state index in [0.717, 1.165) is 10.0 Å². The molecule has 0 fully saturated rings. The van der Waals surface area contributed by atoms with Crippen molar-refractivity contribution in [3.8, 4) is 0 Å². The van der Waals surface area contributed by atoms with Crippen LogP contribution >= 0.6 is 27.3 Å². The summed E-state index contributed by atoms with van der Waals surface area (Å²) in [5, 5.41) is 4.67. The molecule has 2 nitrogen and oxygen atoms in total. The van der Waals surface area contributed by atoms with Crippen LogP contribution in [0.15, 0.2) is 40.2 Å². The third kappa shape index (κ3) is 3.40. The van der Waals surface area contributed by atoms with Gasteiger partial charge in [-0.05, 0) is 51.5 Å². The van der Waals surface area contributed by atoms with Gasteiger partial charge in [-0.3, -0.25) is 4.79 Å². The molecule has 1 heterocycles. The lowest BCUT2D eigenvalue weighted by molar-refractivity contribution is 0.0957. The third-order valence-electron chi connectivity index (χ3n) is 2.41. The van der Waals surface area contributed by atoms with E-state index in [1.807, 2.05) is 17.5 Å². The first-order chi connectivity index (χ1) is 8.66. The van der Waals surface area contributed by atoms with Crippen LogP contribution < -0.4 is 5.32 Å². The first-order valence-electron chi connectivity index (χ1n) is 5.42. The van der Waals surface area contributed by atoms with Crippen molar-refractivity contribution in [3.05, 3.63) is 56.4 Å². The van der Waals surface area contributed by atoms with E-state index < -0.39 is 0 Å². The molecule has 1 N–H and O–H groups in total. The summed E-state index contributed by atoms with van der Waals surface area (Å²) < 4.78 is 13.7. The predicted octanol–water partition coefficient (Wildman–Crippen LogP) is 3.62. The first kappa shape index (κ1) is 13.2. The molecule has 0 radical (unpaired) electrons. The van der Waals surface area contributed by atoms with Crippen molar-refractivity contribution < 1.29 is 9.18 Å². The van der Waals surface area contributed by atoms with Gasteiger partial charge in [-0.2, -0.15) is 0 Å². The summed E-state index contributed by atoms with van der Waals surface area (Å²) in [6, 6.07) is 8.24. The zero-order valence-electron chi connectivity index (χ0n) is 9.45. The van der Waals surface area contributed by atoms with E-state index in [0.29, 0.717) is 17.8 Å². The molecule has 1 aromatic heterocycles. The zero-order chi connectivity index (χ0) is 13.0. The van der Waals surface area contributed by atoms with Gasteiger partial charge in [0, 0.05) is 11.0 Å². The number of carbonyl (C=O) groups is 1. The van der Waals surface area contributed by atoms with Gasteiger partial charge in [0.05, 0.1) is 0 Å². The van der Waals surface area contributed by atoms with Crippen LogP contribution in [0.5, 0.6) is 0 Å². The number of nitrogens with one attached hydrogen (secondary N) is 1. The molecular formula is C13H11BrFNOS. The van der Waals surface area contributed by atoms with Crippen LogP contribution in [0.4, 0.5) is 4.39 Å². The van der Waals surface area contributed by atoms with E-state index in [9.17, 15) is 9.18 Å². The van der Waals surface area contributed by atoms with Gasteiger partial charge < -0.3 is 5.32 Å². The van der Waals surface area contributed by atoms with Gasteiger partial charge in [-0.15, -0.1) is 11.3 Å². The molecule has 0 aliphatic heterocycles. The Balaban J connectivity index is 1.86. The Morgan fingerprint density at radius 2 is 2.22 bits per heavy atom. The summed E-state index contributed by atoms with van der Waals surface area (Å²) in [7, 11) is 0. The monoisotopic (exact) mass is 327 g/mol. The molecular weight excluding hydrogens is 317 g/mol. The summed E-state index contributed by atoms with van der Waals surface area (Å²) in [6.07, 6.45) is 0.618. The lowest BCUT2D eigenvalue weighted by atomic mass is 10.1. The summed E-state index contributed by atoms with van der Waals surface area (Å²) in [4.78, 5) is 12.4. The van der Waals surface area contributed by atoms with Gasteiger partial charge in [0.15, 0.2) is 0 Å². The third-order valence-corrected chi connectivity index (χ3v) is 4.25. The maximum atomic E-state index is 12.9. The average molecular weight is 328 g/mol. The lowest BCUT2D eigenvalue weighted by Crippen LogP contribution is -2.25. The molecule has 2 rings (SSSR count). The van der Waals surface area contributed by atoms with Crippen molar-refractivity contribution in [3.63, 3.8) is 0 Å². The molecule has 94 valence electrons. The SMILES string of the molecule is O=C(NCCc1cccc(F)c1)c1sccc1Br. The van der Waals surface area contributed by atoms with Crippen molar-refractivity contribution in [1.82, 2.24) is 5.32 Å². The highest BCUT2D eigenvalue weighted by molar-refractivity contribution is 9.10. The van der Waals surface area contributed by atoms with Crippen LogP contribution in [0.3, 0.4) is 0 Å². The van der Waals surface area contributed by atoms with E-state index in [2.05, 4.69) is 21.2 Å². The lowest BCUT2D eigenvalue weighted by Gasteiger charge is -2.04. The Labute approximate surface area is 117 Å². The van der Waals surface area contributed by atoms with E-state index in [-0.39, 0.29) is 11.7 Å². The first-order valence-corrected chi connectivity index (χ1v) is 7.10. The van der Waals surface area contributed by atoms with Gasteiger partial charge in [0.2, 0.25) is 0 Å². The van der Waals surface area contributed by atoms with Crippen LogP contribution in [-0.2, 0) is 6.42 Å². The molecule has 0 aliphatic rings. The molecule has 0 unspecified atom stereocenters.